The van der Waals surface area contributed by atoms with Crippen molar-refractivity contribution in [2.75, 3.05) is 7.11 Å². The van der Waals surface area contributed by atoms with Gasteiger partial charge in [0.1, 0.15) is 5.75 Å². The number of hydrogen-bond donors (Lipinski definition) is 1. The standard InChI is InChI=1S/C19H25F2O5P.C4H10/c1-17(2,3)13-10-12(16(25-7)14(11-13)18(4,5)6)8-9-15(22)19(20,21)26-27(23)24;1-3-4-2/h8-11H,1-7H3;3-4H2,1-2H3/p+1/b9-8+;. The number of halogens is 2. The second-order valence-electron chi connectivity index (χ2n) is 9.19. The van der Waals surface area contributed by atoms with Gasteiger partial charge in [0.2, 0.25) is 0 Å². The predicted octanol–water partition coefficient (Wildman–Crippen LogP) is 6.94. The summed E-state index contributed by atoms with van der Waals surface area (Å²) in [5.74, 6) is -1.27. The molecule has 0 aromatic heterocycles. The molecular formula is C23H36F2O5P+. The maximum Gasteiger partial charge on any atom is 0.701 e. The molecule has 1 unspecified atom stereocenters. The van der Waals surface area contributed by atoms with Gasteiger partial charge in [0.25, 0.3) is 5.78 Å². The fourth-order valence-electron chi connectivity index (χ4n) is 2.40. The molecule has 1 rings (SSSR count). The maximum absolute atomic E-state index is 13.5. The van der Waals surface area contributed by atoms with E-state index in [1.807, 2.05) is 47.6 Å². The first-order valence-corrected chi connectivity index (χ1v) is 11.3. The van der Waals surface area contributed by atoms with Crippen LogP contribution in [0.5, 0.6) is 5.75 Å². The Labute approximate surface area is 185 Å². The van der Waals surface area contributed by atoms with Crippen molar-refractivity contribution in [3.8, 4) is 5.75 Å². The molecule has 0 saturated carbocycles. The lowest BCUT2D eigenvalue weighted by atomic mass is 9.79. The van der Waals surface area contributed by atoms with Crippen LogP contribution >= 0.6 is 8.25 Å². The number of carbonyl (C=O) groups is 1. The molecule has 1 aromatic rings. The number of hydrogen-bond acceptors (Lipinski definition) is 4. The lowest BCUT2D eigenvalue weighted by Crippen LogP contribution is -2.27. The maximum atomic E-state index is 13.5. The predicted molar refractivity (Wildman–Crippen MR) is 121 cm³/mol. The van der Waals surface area contributed by atoms with Gasteiger partial charge < -0.3 is 4.74 Å². The smallest absolute Gasteiger partial charge is 0.496 e. The summed E-state index contributed by atoms with van der Waals surface area (Å²) in [6.45, 7) is 16.4. The molecule has 1 aromatic carbocycles. The van der Waals surface area contributed by atoms with Crippen LogP contribution in [0.25, 0.3) is 6.08 Å². The van der Waals surface area contributed by atoms with Crippen LogP contribution < -0.4 is 4.74 Å². The quantitative estimate of drug-likeness (QED) is 0.352. The van der Waals surface area contributed by atoms with Crippen LogP contribution in [0.15, 0.2) is 18.2 Å². The Bertz CT molecular complexity index is 788. The van der Waals surface area contributed by atoms with Crippen LogP contribution in [0.1, 0.15) is 84.9 Å². The molecule has 0 saturated heterocycles. The summed E-state index contributed by atoms with van der Waals surface area (Å²) in [7, 11) is -2.15. The van der Waals surface area contributed by atoms with E-state index in [0.29, 0.717) is 17.4 Å². The summed E-state index contributed by atoms with van der Waals surface area (Å²) in [6, 6.07) is 3.77. The zero-order valence-corrected chi connectivity index (χ0v) is 20.9. The normalized spacial score (nSPS) is 13.0. The summed E-state index contributed by atoms with van der Waals surface area (Å²) in [5, 5.41) is 0. The van der Waals surface area contributed by atoms with E-state index in [0.717, 1.165) is 11.1 Å². The number of benzene rings is 1. The molecule has 0 aliphatic heterocycles. The third-order valence-electron chi connectivity index (χ3n) is 4.39. The number of alkyl halides is 2. The molecule has 8 heteroatoms. The van der Waals surface area contributed by atoms with Gasteiger partial charge in [0.05, 0.1) is 7.11 Å². The van der Waals surface area contributed by atoms with Crippen molar-refractivity contribution < 1.29 is 32.3 Å². The molecule has 31 heavy (non-hydrogen) atoms. The highest BCUT2D eigenvalue weighted by molar-refractivity contribution is 7.32. The van der Waals surface area contributed by atoms with Gasteiger partial charge in [-0.05, 0) is 39.1 Å². The zero-order valence-electron chi connectivity index (χ0n) is 20.0. The van der Waals surface area contributed by atoms with Crippen molar-refractivity contribution in [3.05, 3.63) is 34.9 Å². The van der Waals surface area contributed by atoms with Crippen LogP contribution in [0.2, 0.25) is 0 Å². The Balaban J connectivity index is 0.00000206. The van der Waals surface area contributed by atoms with Crippen molar-refractivity contribution >= 4 is 20.1 Å². The van der Waals surface area contributed by atoms with Gasteiger partial charge in [0.15, 0.2) is 0 Å². The zero-order chi connectivity index (χ0) is 24.6. The van der Waals surface area contributed by atoms with Gasteiger partial charge in [-0.2, -0.15) is 8.78 Å². The van der Waals surface area contributed by atoms with Crippen molar-refractivity contribution in [3.63, 3.8) is 0 Å². The van der Waals surface area contributed by atoms with Crippen LogP contribution in [0, 0.1) is 0 Å². The van der Waals surface area contributed by atoms with Gasteiger partial charge in [-0.3, -0.25) is 4.79 Å². The van der Waals surface area contributed by atoms with E-state index in [9.17, 15) is 18.1 Å². The molecule has 0 radical (unpaired) electrons. The minimum absolute atomic E-state index is 0.221. The third kappa shape index (κ3) is 9.55. The summed E-state index contributed by atoms with van der Waals surface area (Å²) >= 11 is 0. The molecule has 0 spiro atoms. The Morgan fingerprint density at radius 1 is 1.06 bits per heavy atom. The average Bonchev–Trinajstić information content (AvgIpc) is 2.62. The average molecular weight is 462 g/mol. The largest absolute Gasteiger partial charge is 0.701 e. The van der Waals surface area contributed by atoms with Gasteiger partial charge in [-0.1, -0.05) is 74.3 Å². The minimum atomic E-state index is -4.39. The van der Waals surface area contributed by atoms with Crippen molar-refractivity contribution in [2.24, 2.45) is 0 Å². The topological polar surface area (TPSA) is 72.8 Å². The monoisotopic (exact) mass is 461 g/mol. The molecule has 0 bridgehead atoms. The molecule has 1 N–H and O–H groups in total. The highest BCUT2D eigenvalue weighted by Gasteiger charge is 2.47. The van der Waals surface area contributed by atoms with Gasteiger partial charge >= 0.3 is 14.4 Å². The van der Waals surface area contributed by atoms with Crippen LogP contribution in [-0.2, 0) is 24.7 Å². The second kappa shape index (κ2) is 11.8. The molecule has 5 nitrogen and oxygen atoms in total. The van der Waals surface area contributed by atoms with Crippen LogP contribution in [0.4, 0.5) is 8.78 Å². The first-order valence-electron chi connectivity index (χ1n) is 10.2. The first-order chi connectivity index (χ1) is 14.0. The van der Waals surface area contributed by atoms with Crippen molar-refractivity contribution in [2.45, 2.75) is 85.2 Å². The molecule has 0 amide bonds. The molecule has 0 aliphatic carbocycles. The minimum Gasteiger partial charge on any atom is -0.496 e. The van der Waals surface area contributed by atoms with Crippen LogP contribution in [-0.4, -0.2) is 23.9 Å². The highest BCUT2D eigenvalue weighted by atomic mass is 31.1. The fraction of sp³-hybridized carbons (Fsp3) is 0.609. The van der Waals surface area contributed by atoms with Gasteiger partial charge in [-0.25, -0.2) is 0 Å². The Morgan fingerprint density at radius 2 is 1.58 bits per heavy atom. The third-order valence-corrected chi connectivity index (χ3v) is 4.78. The van der Waals surface area contributed by atoms with Gasteiger partial charge in [0, 0.05) is 15.7 Å². The molecule has 1 atom stereocenters. The lowest BCUT2D eigenvalue weighted by molar-refractivity contribution is -0.185. The van der Waals surface area contributed by atoms with Gasteiger partial charge in [-0.15, -0.1) is 4.89 Å². The molecular weight excluding hydrogens is 425 g/mol. The Kier molecular flexibility index (Phi) is 11.2. The number of carbonyl (C=O) groups excluding carboxylic acids is 1. The fourth-order valence-corrected chi connectivity index (χ4v) is 2.68. The Morgan fingerprint density at radius 3 is 1.94 bits per heavy atom. The number of ether oxygens (including phenoxy) is 1. The van der Waals surface area contributed by atoms with E-state index < -0.39 is 20.1 Å². The molecule has 0 fully saturated rings. The van der Waals surface area contributed by atoms with Crippen molar-refractivity contribution in [1.29, 1.82) is 0 Å². The second-order valence-corrected chi connectivity index (χ2v) is 9.85. The highest BCUT2D eigenvalue weighted by Crippen LogP contribution is 2.39. The lowest BCUT2D eigenvalue weighted by Gasteiger charge is -2.28. The van der Waals surface area contributed by atoms with E-state index in [1.165, 1.54) is 26.0 Å². The van der Waals surface area contributed by atoms with E-state index in [-0.39, 0.29) is 10.8 Å². The number of rotatable bonds is 7. The SMILES string of the molecule is CCCC.COc1c(/C=C/C(=O)C(F)(F)O[P+](=O)O)cc(C(C)(C)C)cc1C(C)(C)C. The summed E-state index contributed by atoms with van der Waals surface area (Å²) in [4.78, 5) is 20.2. The van der Waals surface area contributed by atoms with Crippen LogP contribution in [0.3, 0.4) is 0 Å². The molecule has 0 heterocycles. The number of methoxy groups -OCH3 is 1. The number of ketones is 1. The molecule has 176 valence electrons. The summed E-state index contributed by atoms with van der Waals surface area (Å²) in [6.07, 6.45) is 0.0728. The Hall–Kier alpha value is -1.69. The number of unbranched alkanes of at least 4 members (excludes halogenated alkanes) is 1. The molecule has 0 aliphatic rings. The van der Waals surface area contributed by atoms with Crippen molar-refractivity contribution in [1.82, 2.24) is 0 Å². The summed E-state index contributed by atoms with van der Waals surface area (Å²) < 4.78 is 46.4. The van der Waals surface area contributed by atoms with E-state index in [1.54, 1.807) is 6.07 Å². The first kappa shape index (κ1) is 29.3. The van der Waals surface area contributed by atoms with E-state index in [2.05, 4.69) is 18.4 Å². The van der Waals surface area contributed by atoms with E-state index in [4.69, 9.17) is 9.63 Å². The van der Waals surface area contributed by atoms with E-state index >= 15 is 0 Å². The summed E-state index contributed by atoms with van der Waals surface area (Å²) in [5.41, 5.74) is 1.75.